The third kappa shape index (κ3) is 4.64. The number of carboxylic acids is 2. The fourth-order valence-electron chi connectivity index (χ4n) is 1.26. The summed E-state index contributed by atoms with van der Waals surface area (Å²) in [5.41, 5.74) is 0. The molecule has 0 radical (unpaired) electrons. The number of pyridine rings is 1. The van der Waals surface area contributed by atoms with Gasteiger partial charge < -0.3 is 10.2 Å². The minimum atomic E-state index is -4.04. The number of hydrogen-bond acceptors (Lipinski definition) is 5. The predicted octanol–water partition coefficient (Wildman–Crippen LogP) is -0.322. The topological polar surface area (TPSA) is 134 Å². The van der Waals surface area contributed by atoms with Gasteiger partial charge in [-0.2, -0.15) is 4.72 Å². The van der Waals surface area contributed by atoms with Crippen molar-refractivity contribution in [3.05, 3.63) is 24.5 Å². The van der Waals surface area contributed by atoms with Gasteiger partial charge in [0.25, 0.3) is 0 Å². The van der Waals surface area contributed by atoms with Gasteiger partial charge in [-0.3, -0.25) is 14.6 Å². The van der Waals surface area contributed by atoms with Gasteiger partial charge in [0.15, 0.2) is 0 Å². The van der Waals surface area contributed by atoms with Crippen LogP contribution in [0.3, 0.4) is 0 Å². The highest BCUT2D eigenvalue weighted by atomic mass is 32.2. The quantitative estimate of drug-likeness (QED) is 0.625. The summed E-state index contributed by atoms with van der Waals surface area (Å²) in [4.78, 5) is 24.7. The van der Waals surface area contributed by atoms with Gasteiger partial charge in [0.05, 0.1) is 0 Å². The molecular weight excluding hydrogens is 276 g/mol. The maximum atomic E-state index is 11.8. The number of hydrogen-bond donors (Lipinski definition) is 3. The number of nitrogens with one attached hydrogen (secondary N) is 1. The van der Waals surface area contributed by atoms with Crippen LogP contribution in [0.1, 0.15) is 12.8 Å². The Bertz CT molecular complexity index is 557. The van der Waals surface area contributed by atoms with Crippen molar-refractivity contribution in [3.63, 3.8) is 0 Å². The van der Waals surface area contributed by atoms with Crippen LogP contribution in [0.2, 0.25) is 0 Å². The lowest BCUT2D eigenvalue weighted by atomic mass is 10.2. The average Bonchev–Trinajstić information content (AvgIpc) is 2.35. The van der Waals surface area contributed by atoms with Crippen molar-refractivity contribution in [2.24, 2.45) is 0 Å². The summed E-state index contributed by atoms with van der Waals surface area (Å²) in [6.45, 7) is 0. The highest BCUT2D eigenvalue weighted by molar-refractivity contribution is 7.89. The molecule has 0 spiro atoms. The maximum absolute atomic E-state index is 11.8. The molecule has 19 heavy (non-hydrogen) atoms. The molecule has 0 aliphatic carbocycles. The first-order chi connectivity index (χ1) is 8.83. The molecule has 3 N–H and O–H groups in total. The van der Waals surface area contributed by atoms with E-state index in [4.69, 9.17) is 10.2 Å². The monoisotopic (exact) mass is 288 g/mol. The van der Waals surface area contributed by atoms with Gasteiger partial charge in [-0.05, 0) is 18.6 Å². The van der Waals surface area contributed by atoms with Crippen molar-refractivity contribution in [1.29, 1.82) is 0 Å². The molecule has 8 nitrogen and oxygen atoms in total. The maximum Gasteiger partial charge on any atom is 0.321 e. The number of aromatic nitrogens is 1. The second-order valence-corrected chi connectivity index (χ2v) is 5.35. The summed E-state index contributed by atoms with van der Waals surface area (Å²) >= 11 is 0. The van der Waals surface area contributed by atoms with E-state index in [1.54, 1.807) is 0 Å². The standard InChI is InChI=1S/C10H12N2O6S/c13-9(14)4-3-8(10(15)16)12-19(17,18)7-2-1-5-11-6-7/h1-2,5-6,8,12H,3-4H2,(H,13,14)(H,15,16)/t8-/m1/s1. The highest BCUT2D eigenvalue weighted by Gasteiger charge is 2.25. The van der Waals surface area contributed by atoms with E-state index < -0.39 is 34.4 Å². The summed E-state index contributed by atoms with van der Waals surface area (Å²) in [6, 6.07) is 1.15. The molecule has 0 aromatic carbocycles. The van der Waals surface area contributed by atoms with Crippen molar-refractivity contribution in [2.45, 2.75) is 23.8 Å². The van der Waals surface area contributed by atoms with Gasteiger partial charge >= 0.3 is 11.9 Å². The van der Waals surface area contributed by atoms with Gasteiger partial charge in [-0.25, -0.2) is 8.42 Å². The van der Waals surface area contributed by atoms with Gasteiger partial charge in [0.1, 0.15) is 10.9 Å². The first kappa shape index (κ1) is 15.1. The van der Waals surface area contributed by atoms with Crippen LogP contribution >= 0.6 is 0 Å². The molecule has 0 fully saturated rings. The van der Waals surface area contributed by atoms with E-state index in [0.717, 1.165) is 6.20 Å². The molecular formula is C10H12N2O6S. The molecule has 0 amide bonds. The number of rotatable bonds is 7. The predicted molar refractivity (Wildman–Crippen MR) is 62.9 cm³/mol. The van der Waals surface area contributed by atoms with Crippen molar-refractivity contribution < 1.29 is 28.2 Å². The molecule has 1 rings (SSSR count). The summed E-state index contributed by atoms with van der Waals surface area (Å²) in [6.07, 6.45) is 1.65. The molecule has 0 aliphatic rings. The summed E-state index contributed by atoms with van der Waals surface area (Å²) in [5.74, 6) is -2.64. The zero-order valence-corrected chi connectivity index (χ0v) is 10.5. The van der Waals surface area contributed by atoms with Crippen LogP contribution in [0.15, 0.2) is 29.4 Å². The Hall–Kier alpha value is -2.00. The second kappa shape index (κ2) is 6.25. The molecule has 9 heteroatoms. The normalized spacial score (nSPS) is 12.8. The fourth-order valence-corrected chi connectivity index (χ4v) is 2.45. The molecule has 1 aromatic rings. The first-order valence-corrected chi connectivity index (χ1v) is 6.68. The van der Waals surface area contributed by atoms with Gasteiger partial charge in [0.2, 0.25) is 10.0 Å². The third-order valence-electron chi connectivity index (χ3n) is 2.19. The van der Waals surface area contributed by atoms with Gasteiger partial charge in [-0.1, -0.05) is 0 Å². The van der Waals surface area contributed by atoms with Crippen LogP contribution in [-0.4, -0.2) is 41.6 Å². The van der Waals surface area contributed by atoms with E-state index in [1.807, 2.05) is 4.72 Å². The minimum absolute atomic E-state index is 0.184. The summed E-state index contributed by atoms with van der Waals surface area (Å²) in [5, 5.41) is 17.3. The zero-order valence-electron chi connectivity index (χ0n) is 9.68. The lowest BCUT2D eigenvalue weighted by Gasteiger charge is -2.13. The van der Waals surface area contributed by atoms with Crippen molar-refractivity contribution in [3.8, 4) is 0 Å². The Morgan fingerprint density at radius 1 is 1.37 bits per heavy atom. The Morgan fingerprint density at radius 2 is 2.05 bits per heavy atom. The van der Waals surface area contributed by atoms with Crippen LogP contribution in [0.5, 0.6) is 0 Å². The Labute approximate surface area is 109 Å². The van der Waals surface area contributed by atoms with Crippen LogP contribution in [-0.2, 0) is 19.6 Å². The number of nitrogens with zero attached hydrogens (tertiary/aromatic N) is 1. The first-order valence-electron chi connectivity index (χ1n) is 5.20. The van der Waals surface area contributed by atoms with E-state index in [2.05, 4.69) is 4.98 Å². The molecule has 0 saturated carbocycles. The van der Waals surface area contributed by atoms with Crippen molar-refractivity contribution in [1.82, 2.24) is 9.71 Å². The fraction of sp³-hybridized carbons (Fsp3) is 0.300. The lowest BCUT2D eigenvalue weighted by Crippen LogP contribution is -2.41. The minimum Gasteiger partial charge on any atom is -0.481 e. The number of sulfonamides is 1. The summed E-state index contributed by atoms with van der Waals surface area (Å²) < 4.78 is 25.6. The number of aliphatic carboxylic acids is 2. The molecule has 104 valence electrons. The molecule has 0 unspecified atom stereocenters. The van der Waals surface area contributed by atoms with E-state index in [0.29, 0.717) is 0 Å². The van der Waals surface area contributed by atoms with E-state index in [-0.39, 0.29) is 11.3 Å². The van der Waals surface area contributed by atoms with Crippen LogP contribution in [0, 0.1) is 0 Å². The van der Waals surface area contributed by atoms with E-state index in [1.165, 1.54) is 18.3 Å². The van der Waals surface area contributed by atoms with Gasteiger partial charge in [0, 0.05) is 18.8 Å². The largest absolute Gasteiger partial charge is 0.481 e. The molecule has 1 heterocycles. The molecule has 1 atom stereocenters. The lowest BCUT2D eigenvalue weighted by molar-refractivity contribution is -0.140. The van der Waals surface area contributed by atoms with Gasteiger partial charge in [-0.15, -0.1) is 0 Å². The third-order valence-corrected chi connectivity index (χ3v) is 3.64. The zero-order chi connectivity index (χ0) is 14.5. The van der Waals surface area contributed by atoms with E-state index in [9.17, 15) is 18.0 Å². The number of carboxylic acid groups (broad SMARTS) is 2. The average molecular weight is 288 g/mol. The van der Waals surface area contributed by atoms with Crippen LogP contribution in [0.4, 0.5) is 0 Å². The SMILES string of the molecule is O=C(O)CC[C@@H](NS(=O)(=O)c1cccnc1)C(=O)O. The molecule has 0 saturated heterocycles. The number of carbonyl (C=O) groups is 2. The smallest absolute Gasteiger partial charge is 0.321 e. The summed E-state index contributed by atoms with van der Waals surface area (Å²) in [7, 11) is -4.04. The van der Waals surface area contributed by atoms with Crippen LogP contribution < -0.4 is 4.72 Å². The molecule has 1 aromatic heterocycles. The molecule has 0 aliphatic heterocycles. The van der Waals surface area contributed by atoms with Crippen LogP contribution in [0.25, 0.3) is 0 Å². The van der Waals surface area contributed by atoms with E-state index >= 15 is 0 Å². The van der Waals surface area contributed by atoms with Crippen molar-refractivity contribution in [2.75, 3.05) is 0 Å². The molecule has 0 bridgehead atoms. The van der Waals surface area contributed by atoms with Crippen molar-refractivity contribution >= 4 is 22.0 Å². The second-order valence-electron chi connectivity index (χ2n) is 3.63. The Kier molecular flexibility index (Phi) is 4.95. The highest BCUT2D eigenvalue weighted by Crippen LogP contribution is 2.08. The Morgan fingerprint density at radius 3 is 2.53 bits per heavy atom. The Balaban J connectivity index is 2.84.